The molecule has 106 valence electrons. The van der Waals surface area contributed by atoms with Gasteiger partial charge in [-0.3, -0.25) is 4.79 Å². The van der Waals surface area contributed by atoms with Gasteiger partial charge < -0.3 is 10.6 Å². The number of benzene rings is 1. The molecule has 1 atom stereocenters. The second-order valence-corrected chi connectivity index (χ2v) is 4.93. The van der Waals surface area contributed by atoms with Gasteiger partial charge in [-0.25, -0.2) is 4.39 Å². The lowest BCUT2D eigenvalue weighted by Crippen LogP contribution is -2.49. The van der Waals surface area contributed by atoms with E-state index in [0.29, 0.717) is 12.1 Å². The van der Waals surface area contributed by atoms with E-state index < -0.39 is 6.04 Å². The molecule has 1 aliphatic rings. The fourth-order valence-corrected chi connectivity index (χ4v) is 2.16. The van der Waals surface area contributed by atoms with Crippen molar-refractivity contribution in [2.45, 2.75) is 44.8 Å². The summed E-state index contributed by atoms with van der Waals surface area (Å²) in [4.78, 5) is 13.8. The first-order chi connectivity index (χ1) is 8.59. The smallest absolute Gasteiger partial charge is 0.239 e. The molecule has 1 aromatic rings. The molecule has 19 heavy (non-hydrogen) atoms. The first-order valence-electron chi connectivity index (χ1n) is 6.39. The van der Waals surface area contributed by atoms with Crippen LogP contribution in [0.15, 0.2) is 24.3 Å². The third-order valence-electron chi connectivity index (χ3n) is 3.49. The fraction of sp³-hybridized carbons (Fsp3) is 0.500. The maximum Gasteiger partial charge on any atom is 0.239 e. The van der Waals surface area contributed by atoms with Crippen LogP contribution in [0.25, 0.3) is 0 Å². The third kappa shape index (κ3) is 3.67. The average molecular weight is 287 g/mol. The van der Waals surface area contributed by atoms with E-state index in [4.69, 9.17) is 5.73 Å². The van der Waals surface area contributed by atoms with Crippen LogP contribution >= 0.6 is 12.4 Å². The van der Waals surface area contributed by atoms with Crippen molar-refractivity contribution in [3.8, 4) is 0 Å². The Hall–Kier alpha value is -1.13. The van der Waals surface area contributed by atoms with Gasteiger partial charge in [0.25, 0.3) is 0 Å². The van der Waals surface area contributed by atoms with Crippen LogP contribution in [0.3, 0.4) is 0 Å². The number of carbonyl (C=O) groups is 1. The Morgan fingerprint density at radius 3 is 2.58 bits per heavy atom. The summed E-state index contributed by atoms with van der Waals surface area (Å²) >= 11 is 0. The summed E-state index contributed by atoms with van der Waals surface area (Å²) < 4.78 is 13.6. The van der Waals surface area contributed by atoms with Crippen LogP contribution in [0.2, 0.25) is 0 Å². The maximum absolute atomic E-state index is 13.6. The zero-order valence-electron chi connectivity index (χ0n) is 11.0. The van der Waals surface area contributed by atoms with Gasteiger partial charge in [0.1, 0.15) is 5.82 Å². The quantitative estimate of drug-likeness (QED) is 0.924. The van der Waals surface area contributed by atoms with Crippen molar-refractivity contribution in [3.63, 3.8) is 0 Å². The van der Waals surface area contributed by atoms with E-state index in [1.54, 1.807) is 30.0 Å². The molecule has 1 fully saturated rings. The molecule has 2 N–H and O–H groups in total. The second kappa shape index (κ2) is 6.87. The van der Waals surface area contributed by atoms with E-state index in [1.165, 1.54) is 6.07 Å². The molecule has 1 aromatic carbocycles. The Morgan fingerprint density at radius 2 is 2.11 bits per heavy atom. The summed E-state index contributed by atoms with van der Waals surface area (Å²) in [6.07, 6.45) is 3.12. The Bertz CT molecular complexity index is 435. The van der Waals surface area contributed by atoms with Gasteiger partial charge in [0, 0.05) is 18.2 Å². The number of nitrogens with two attached hydrogens (primary N) is 1. The molecule has 0 aromatic heterocycles. The number of amides is 1. The van der Waals surface area contributed by atoms with Crippen molar-refractivity contribution in [2.24, 2.45) is 5.73 Å². The van der Waals surface area contributed by atoms with E-state index in [9.17, 15) is 9.18 Å². The molecule has 5 heteroatoms. The highest BCUT2D eigenvalue weighted by atomic mass is 35.5. The Morgan fingerprint density at radius 1 is 1.47 bits per heavy atom. The number of rotatable bonds is 4. The molecule has 1 aliphatic carbocycles. The van der Waals surface area contributed by atoms with Crippen LogP contribution in [0.5, 0.6) is 0 Å². The molecule has 1 saturated carbocycles. The summed E-state index contributed by atoms with van der Waals surface area (Å²) in [6.45, 7) is 1.99. The molecular weight excluding hydrogens is 267 g/mol. The number of carbonyl (C=O) groups excluding carboxylic acids is 1. The molecule has 1 amide bonds. The van der Waals surface area contributed by atoms with Crippen molar-refractivity contribution in [3.05, 3.63) is 35.6 Å². The minimum Gasteiger partial charge on any atom is -0.334 e. The summed E-state index contributed by atoms with van der Waals surface area (Å²) in [5.41, 5.74) is 6.21. The molecule has 0 saturated heterocycles. The van der Waals surface area contributed by atoms with Gasteiger partial charge in [0.15, 0.2) is 0 Å². The third-order valence-corrected chi connectivity index (χ3v) is 3.49. The first kappa shape index (κ1) is 15.9. The predicted octanol–water partition coefficient (Wildman–Crippen LogP) is 2.48. The monoisotopic (exact) mass is 286 g/mol. The zero-order chi connectivity index (χ0) is 13.1. The van der Waals surface area contributed by atoms with Gasteiger partial charge in [-0.05, 0) is 32.3 Å². The van der Waals surface area contributed by atoms with Crippen molar-refractivity contribution in [1.29, 1.82) is 0 Å². The molecule has 0 heterocycles. The molecule has 0 aliphatic heterocycles. The van der Waals surface area contributed by atoms with Crippen molar-refractivity contribution in [1.82, 2.24) is 4.90 Å². The van der Waals surface area contributed by atoms with Gasteiger partial charge >= 0.3 is 0 Å². The predicted molar refractivity (Wildman–Crippen MR) is 75.5 cm³/mol. The fourth-order valence-electron chi connectivity index (χ4n) is 2.16. The normalized spacial score (nSPS) is 16.2. The first-order valence-corrected chi connectivity index (χ1v) is 6.39. The van der Waals surface area contributed by atoms with Crippen molar-refractivity contribution in [2.75, 3.05) is 0 Å². The number of nitrogens with zero attached hydrogens (tertiary/aromatic N) is 1. The summed E-state index contributed by atoms with van der Waals surface area (Å²) in [7, 11) is 0. The van der Waals surface area contributed by atoms with Crippen LogP contribution in [0.1, 0.15) is 31.7 Å². The highest BCUT2D eigenvalue weighted by Crippen LogP contribution is 2.27. The SMILES string of the molecule is C[C@@H](N)C(=O)N(Cc1ccccc1F)C1CCC1.Cl. The molecule has 0 bridgehead atoms. The molecule has 2 rings (SSSR count). The van der Waals surface area contributed by atoms with E-state index in [-0.39, 0.29) is 30.2 Å². The standard InChI is InChI=1S/C14H19FN2O.ClH/c1-10(16)14(18)17(12-6-4-7-12)9-11-5-2-3-8-13(11)15;/h2-3,5,8,10,12H,4,6-7,9,16H2,1H3;1H/t10-;/m1./s1. The van der Waals surface area contributed by atoms with Crippen molar-refractivity contribution >= 4 is 18.3 Å². The maximum atomic E-state index is 13.6. The van der Waals surface area contributed by atoms with Crippen LogP contribution in [-0.4, -0.2) is 22.9 Å². The van der Waals surface area contributed by atoms with Crippen molar-refractivity contribution < 1.29 is 9.18 Å². The number of hydrogen-bond donors (Lipinski definition) is 1. The summed E-state index contributed by atoms with van der Waals surface area (Å²) in [5.74, 6) is -0.359. The highest BCUT2D eigenvalue weighted by molar-refractivity contribution is 5.85. The molecule has 0 unspecified atom stereocenters. The van der Waals surface area contributed by atoms with Gasteiger partial charge in [0.2, 0.25) is 5.91 Å². The number of halogens is 2. The Balaban J connectivity index is 0.00000180. The van der Waals surface area contributed by atoms with E-state index in [0.717, 1.165) is 19.3 Å². The largest absolute Gasteiger partial charge is 0.334 e. The Kier molecular flexibility index (Phi) is 5.76. The van der Waals surface area contributed by atoms with Crippen LogP contribution < -0.4 is 5.73 Å². The topological polar surface area (TPSA) is 46.3 Å². The zero-order valence-corrected chi connectivity index (χ0v) is 11.8. The minimum atomic E-state index is -0.530. The lowest BCUT2D eigenvalue weighted by molar-refractivity contribution is -0.137. The van der Waals surface area contributed by atoms with Crippen LogP contribution in [0.4, 0.5) is 4.39 Å². The molecular formula is C14H20ClFN2O. The lowest BCUT2D eigenvalue weighted by atomic mass is 9.90. The molecule has 3 nitrogen and oxygen atoms in total. The minimum absolute atomic E-state index is 0. The Labute approximate surface area is 119 Å². The van der Waals surface area contributed by atoms with Gasteiger partial charge in [-0.1, -0.05) is 18.2 Å². The molecule has 0 radical (unpaired) electrons. The van der Waals surface area contributed by atoms with E-state index >= 15 is 0 Å². The van der Waals surface area contributed by atoms with Gasteiger partial charge in [-0.2, -0.15) is 0 Å². The highest BCUT2D eigenvalue weighted by Gasteiger charge is 2.30. The second-order valence-electron chi connectivity index (χ2n) is 4.93. The van der Waals surface area contributed by atoms with Crippen LogP contribution in [0, 0.1) is 5.82 Å². The van der Waals surface area contributed by atoms with E-state index in [2.05, 4.69) is 0 Å². The lowest BCUT2D eigenvalue weighted by Gasteiger charge is -2.38. The summed E-state index contributed by atoms with van der Waals surface area (Å²) in [5, 5.41) is 0. The van der Waals surface area contributed by atoms with Gasteiger partial charge in [0.05, 0.1) is 6.04 Å². The van der Waals surface area contributed by atoms with Crippen LogP contribution in [-0.2, 0) is 11.3 Å². The van der Waals surface area contributed by atoms with Gasteiger partial charge in [-0.15, -0.1) is 12.4 Å². The average Bonchev–Trinajstić information content (AvgIpc) is 2.27. The number of hydrogen-bond acceptors (Lipinski definition) is 2. The summed E-state index contributed by atoms with van der Waals surface area (Å²) in [6, 6.07) is 6.27. The van der Waals surface area contributed by atoms with E-state index in [1.807, 2.05) is 0 Å². The molecule has 0 spiro atoms.